The summed E-state index contributed by atoms with van der Waals surface area (Å²) in [5.41, 5.74) is 0.785. The SMILES string of the molecule is CCOc1cc(C(CC(C)=O)N2CCC(O)(c3ccc(Cl)cc3)CC2)ccc1F. The number of likely N-dealkylation sites (tertiary alicyclic amines) is 1. The number of piperidine rings is 1. The van der Waals surface area contributed by atoms with E-state index < -0.39 is 11.4 Å². The highest BCUT2D eigenvalue weighted by Gasteiger charge is 2.36. The molecule has 1 saturated heterocycles. The van der Waals surface area contributed by atoms with E-state index in [9.17, 15) is 14.3 Å². The molecule has 0 saturated carbocycles. The van der Waals surface area contributed by atoms with Gasteiger partial charge >= 0.3 is 0 Å². The molecule has 3 rings (SSSR count). The molecule has 29 heavy (non-hydrogen) atoms. The molecule has 1 unspecified atom stereocenters. The van der Waals surface area contributed by atoms with E-state index in [1.165, 1.54) is 6.07 Å². The average molecular weight is 420 g/mol. The molecule has 1 fully saturated rings. The number of ether oxygens (including phenoxy) is 1. The van der Waals surface area contributed by atoms with Gasteiger partial charge in [0.15, 0.2) is 11.6 Å². The van der Waals surface area contributed by atoms with Gasteiger partial charge in [-0.2, -0.15) is 0 Å². The first-order valence-corrected chi connectivity index (χ1v) is 10.3. The highest BCUT2D eigenvalue weighted by atomic mass is 35.5. The van der Waals surface area contributed by atoms with Crippen molar-refractivity contribution in [3.63, 3.8) is 0 Å². The molecule has 1 aliphatic heterocycles. The van der Waals surface area contributed by atoms with Crippen LogP contribution >= 0.6 is 11.6 Å². The summed E-state index contributed by atoms with van der Waals surface area (Å²) in [5, 5.41) is 11.8. The number of hydrogen-bond donors (Lipinski definition) is 1. The van der Waals surface area contributed by atoms with Crippen LogP contribution in [0, 0.1) is 5.82 Å². The number of benzene rings is 2. The van der Waals surface area contributed by atoms with Crippen molar-refractivity contribution in [1.82, 2.24) is 4.90 Å². The van der Waals surface area contributed by atoms with Gasteiger partial charge in [-0.15, -0.1) is 0 Å². The summed E-state index contributed by atoms with van der Waals surface area (Å²) in [6, 6.07) is 11.9. The van der Waals surface area contributed by atoms with Gasteiger partial charge in [0.25, 0.3) is 0 Å². The molecular formula is C23H27ClFNO3. The minimum Gasteiger partial charge on any atom is -0.491 e. The van der Waals surface area contributed by atoms with Crippen molar-refractivity contribution in [2.24, 2.45) is 0 Å². The standard InChI is InChI=1S/C23H27ClFNO3/c1-3-29-22-15-17(4-9-20(22)25)21(14-16(2)27)26-12-10-23(28,11-13-26)18-5-7-19(24)8-6-18/h4-9,15,21,28H,3,10-14H2,1-2H3. The Balaban J connectivity index is 1.80. The van der Waals surface area contributed by atoms with Gasteiger partial charge in [0.1, 0.15) is 5.78 Å². The summed E-state index contributed by atoms with van der Waals surface area (Å²) in [4.78, 5) is 14.1. The van der Waals surface area contributed by atoms with Crippen LogP contribution in [0.15, 0.2) is 42.5 Å². The number of carbonyl (C=O) groups is 1. The molecule has 0 spiro atoms. The van der Waals surface area contributed by atoms with Gasteiger partial charge in [-0.1, -0.05) is 29.8 Å². The lowest BCUT2D eigenvalue weighted by Gasteiger charge is -2.42. The molecule has 6 heteroatoms. The van der Waals surface area contributed by atoms with E-state index in [1.807, 2.05) is 12.1 Å². The first kappa shape index (κ1) is 21.8. The molecule has 1 aliphatic rings. The number of halogens is 2. The molecule has 2 aromatic carbocycles. The van der Waals surface area contributed by atoms with E-state index in [1.54, 1.807) is 38.1 Å². The maximum atomic E-state index is 14.0. The summed E-state index contributed by atoms with van der Waals surface area (Å²) in [7, 11) is 0. The summed E-state index contributed by atoms with van der Waals surface area (Å²) >= 11 is 5.96. The Labute approximate surface area is 176 Å². The van der Waals surface area contributed by atoms with Crippen LogP contribution < -0.4 is 4.74 Å². The fourth-order valence-corrected chi connectivity index (χ4v) is 4.10. The zero-order valence-corrected chi connectivity index (χ0v) is 17.6. The number of nitrogens with zero attached hydrogens (tertiary/aromatic N) is 1. The van der Waals surface area contributed by atoms with Crippen molar-refractivity contribution < 1.29 is 19.0 Å². The highest BCUT2D eigenvalue weighted by molar-refractivity contribution is 6.30. The van der Waals surface area contributed by atoms with Gasteiger partial charge in [0.2, 0.25) is 0 Å². The molecule has 1 heterocycles. The number of ketones is 1. The van der Waals surface area contributed by atoms with Crippen LogP contribution in [-0.2, 0) is 10.4 Å². The second-order valence-corrected chi connectivity index (χ2v) is 8.06. The Bertz CT molecular complexity index is 848. The first-order chi connectivity index (χ1) is 13.8. The van der Waals surface area contributed by atoms with Gasteiger partial charge in [0, 0.05) is 30.6 Å². The van der Waals surface area contributed by atoms with E-state index in [0.717, 1.165) is 11.1 Å². The summed E-state index contributed by atoms with van der Waals surface area (Å²) in [5.74, 6) is -0.142. The van der Waals surface area contributed by atoms with Crippen LogP contribution in [0.2, 0.25) is 5.02 Å². The van der Waals surface area contributed by atoms with Crippen LogP contribution in [0.3, 0.4) is 0 Å². The second-order valence-electron chi connectivity index (χ2n) is 7.62. The van der Waals surface area contributed by atoms with Crippen molar-refractivity contribution in [2.75, 3.05) is 19.7 Å². The predicted molar refractivity (Wildman–Crippen MR) is 112 cm³/mol. The normalized spacial score (nSPS) is 17.7. The van der Waals surface area contributed by atoms with E-state index in [-0.39, 0.29) is 17.6 Å². The molecule has 4 nitrogen and oxygen atoms in total. The van der Waals surface area contributed by atoms with Crippen LogP contribution in [-0.4, -0.2) is 35.5 Å². The third-order valence-electron chi connectivity index (χ3n) is 5.57. The third kappa shape index (κ3) is 5.16. The van der Waals surface area contributed by atoms with Crippen LogP contribution in [0.25, 0.3) is 0 Å². The number of aliphatic hydroxyl groups is 1. The van der Waals surface area contributed by atoms with Crippen LogP contribution in [0.4, 0.5) is 4.39 Å². The number of carbonyl (C=O) groups excluding carboxylic acids is 1. The molecule has 2 aromatic rings. The first-order valence-electron chi connectivity index (χ1n) is 9.96. The molecule has 1 atom stereocenters. The Morgan fingerprint density at radius 1 is 1.24 bits per heavy atom. The van der Waals surface area contributed by atoms with E-state index >= 15 is 0 Å². The lowest BCUT2D eigenvalue weighted by molar-refractivity contribution is -0.118. The fraction of sp³-hybridized carbons (Fsp3) is 0.435. The molecule has 0 aliphatic carbocycles. The zero-order valence-electron chi connectivity index (χ0n) is 16.8. The Kier molecular flexibility index (Phi) is 6.93. The van der Waals surface area contributed by atoms with Gasteiger partial charge in [-0.05, 0) is 62.1 Å². The summed E-state index contributed by atoms with van der Waals surface area (Å²) < 4.78 is 19.4. The largest absolute Gasteiger partial charge is 0.491 e. The van der Waals surface area contributed by atoms with Gasteiger partial charge in [-0.3, -0.25) is 9.69 Å². The van der Waals surface area contributed by atoms with Crippen molar-refractivity contribution in [3.05, 3.63) is 64.4 Å². The molecule has 0 radical (unpaired) electrons. The molecule has 0 amide bonds. The Morgan fingerprint density at radius 2 is 1.90 bits per heavy atom. The van der Waals surface area contributed by atoms with Gasteiger partial charge in [-0.25, -0.2) is 4.39 Å². The lowest BCUT2D eigenvalue weighted by Crippen LogP contribution is -2.44. The number of Topliss-reactive ketones (excluding diaryl/α,β-unsaturated/α-hetero) is 1. The highest BCUT2D eigenvalue weighted by Crippen LogP contribution is 2.38. The topological polar surface area (TPSA) is 49.8 Å². The van der Waals surface area contributed by atoms with E-state index in [4.69, 9.17) is 16.3 Å². The number of hydrogen-bond acceptors (Lipinski definition) is 4. The Hall–Kier alpha value is -1.95. The second kappa shape index (κ2) is 9.24. The summed E-state index contributed by atoms with van der Waals surface area (Å²) in [6.07, 6.45) is 1.42. The van der Waals surface area contributed by atoms with Crippen molar-refractivity contribution in [2.45, 2.75) is 44.8 Å². The quantitative estimate of drug-likeness (QED) is 0.694. The summed E-state index contributed by atoms with van der Waals surface area (Å²) in [6.45, 7) is 4.99. The fourth-order valence-electron chi connectivity index (χ4n) is 3.98. The minimum atomic E-state index is -0.916. The van der Waals surface area contributed by atoms with E-state index in [2.05, 4.69) is 4.90 Å². The lowest BCUT2D eigenvalue weighted by atomic mass is 9.83. The molecule has 1 N–H and O–H groups in total. The van der Waals surface area contributed by atoms with Crippen LogP contribution in [0.1, 0.15) is 50.3 Å². The van der Waals surface area contributed by atoms with Gasteiger partial charge < -0.3 is 9.84 Å². The average Bonchev–Trinajstić information content (AvgIpc) is 2.69. The third-order valence-corrected chi connectivity index (χ3v) is 5.82. The molecule has 0 bridgehead atoms. The Morgan fingerprint density at radius 3 is 2.48 bits per heavy atom. The minimum absolute atomic E-state index is 0.0656. The molecule has 156 valence electrons. The molecule has 0 aromatic heterocycles. The predicted octanol–water partition coefficient (Wildman–Crippen LogP) is 4.88. The van der Waals surface area contributed by atoms with Gasteiger partial charge in [0.05, 0.1) is 12.2 Å². The van der Waals surface area contributed by atoms with E-state index in [0.29, 0.717) is 44.0 Å². The maximum absolute atomic E-state index is 14.0. The molecular weight excluding hydrogens is 393 g/mol. The van der Waals surface area contributed by atoms with Crippen molar-refractivity contribution in [1.29, 1.82) is 0 Å². The number of rotatable bonds is 7. The van der Waals surface area contributed by atoms with Crippen molar-refractivity contribution in [3.8, 4) is 5.75 Å². The van der Waals surface area contributed by atoms with Crippen LogP contribution in [0.5, 0.6) is 5.75 Å². The maximum Gasteiger partial charge on any atom is 0.165 e. The smallest absolute Gasteiger partial charge is 0.165 e. The monoisotopic (exact) mass is 419 g/mol. The zero-order chi connectivity index (χ0) is 21.0. The van der Waals surface area contributed by atoms with Crippen molar-refractivity contribution >= 4 is 17.4 Å².